The lowest BCUT2D eigenvalue weighted by Gasteiger charge is -2.22. The van der Waals surface area contributed by atoms with Gasteiger partial charge in [-0.1, -0.05) is 30.3 Å². The molecule has 0 saturated carbocycles. The van der Waals surface area contributed by atoms with E-state index in [0.29, 0.717) is 0 Å². The first-order valence-electron chi connectivity index (χ1n) is 8.29. The molecule has 1 aliphatic carbocycles. The third kappa shape index (κ3) is 4.26. The number of hydrogen-bond donors (Lipinski definition) is 0. The van der Waals surface area contributed by atoms with Crippen LogP contribution >= 0.6 is 0 Å². The van der Waals surface area contributed by atoms with Crippen LogP contribution in [-0.4, -0.2) is 30.9 Å². The maximum atomic E-state index is 12.3. The van der Waals surface area contributed by atoms with E-state index in [1.54, 1.807) is 20.8 Å². The summed E-state index contributed by atoms with van der Waals surface area (Å²) < 4.78 is 15.8. The summed E-state index contributed by atoms with van der Waals surface area (Å²) in [6.45, 7) is 5.36. The molecule has 1 aromatic rings. The van der Waals surface area contributed by atoms with E-state index < -0.39 is 35.7 Å². The van der Waals surface area contributed by atoms with Crippen molar-refractivity contribution in [2.45, 2.75) is 26.9 Å². The second-order valence-electron chi connectivity index (χ2n) is 5.58. The topological polar surface area (TPSA) is 78.9 Å². The Bertz CT molecular complexity index is 664. The minimum absolute atomic E-state index is 0.120. The molecule has 0 heterocycles. The molecule has 0 spiro atoms. The molecule has 6 heteroatoms. The van der Waals surface area contributed by atoms with Crippen LogP contribution in [0.5, 0.6) is 0 Å². The average molecular weight is 346 g/mol. The number of rotatable bonds is 7. The lowest BCUT2D eigenvalue weighted by atomic mass is 9.94. The lowest BCUT2D eigenvalue weighted by molar-refractivity contribution is -0.161. The molecule has 0 fully saturated rings. The summed E-state index contributed by atoms with van der Waals surface area (Å²) in [5.41, 5.74) is 0.887. The van der Waals surface area contributed by atoms with Crippen molar-refractivity contribution in [3.05, 3.63) is 47.7 Å². The Balaban J connectivity index is 2.25. The highest BCUT2D eigenvalue weighted by atomic mass is 16.5. The summed E-state index contributed by atoms with van der Waals surface area (Å²) in [5, 5.41) is 0. The van der Waals surface area contributed by atoms with E-state index >= 15 is 0 Å². The maximum absolute atomic E-state index is 12.3. The average Bonchev–Trinajstić information content (AvgIpc) is 2.92. The molecule has 0 bridgehead atoms. The zero-order valence-electron chi connectivity index (χ0n) is 14.6. The van der Waals surface area contributed by atoms with Gasteiger partial charge in [0.15, 0.2) is 5.78 Å². The van der Waals surface area contributed by atoms with Gasteiger partial charge in [-0.2, -0.15) is 0 Å². The molecule has 3 atom stereocenters. The molecule has 0 N–H and O–H groups in total. The summed E-state index contributed by atoms with van der Waals surface area (Å²) in [4.78, 5) is 36.7. The van der Waals surface area contributed by atoms with Crippen LogP contribution in [0, 0.1) is 11.8 Å². The van der Waals surface area contributed by atoms with Crippen LogP contribution in [0.25, 0.3) is 0 Å². The van der Waals surface area contributed by atoms with Gasteiger partial charge >= 0.3 is 11.9 Å². The van der Waals surface area contributed by atoms with Crippen LogP contribution in [0.15, 0.2) is 42.2 Å². The number of hydrogen-bond acceptors (Lipinski definition) is 6. The molecule has 6 nitrogen and oxygen atoms in total. The van der Waals surface area contributed by atoms with Crippen molar-refractivity contribution >= 4 is 17.7 Å². The molecule has 0 saturated heterocycles. The number of carbonyl (C=O) groups excluding carboxylic acids is 3. The van der Waals surface area contributed by atoms with Crippen molar-refractivity contribution in [2.75, 3.05) is 13.2 Å². The largest absolute Gasteiger partial charge is 0.489 e. The monoisotopic (exact) mass is 346 g/mol. The Morgan fingerprint density at radius 2 is 1.56 bits per heavy atom. The first-order valence-corrected chi connectivity index (χ1v) is 8.29. The highest BCUT2D eigenvalue weighted by Crippen LogP contribution is 2.35. The van der Waals surface area contributed by atoms with Crippen molar-refractivity contribution in [3.8, 4) is 0 Å². The summed E-state index contributed by atoms with van der Waals surface area (Å²) in [6, 6.07) is 9.38. The van der Waals surface area contributed by atoms with Crippen LogP contribution in [0.3, 0.4) is 0 Å². The third-order valence-corrected chi connectivity index (χ3v) is 3.89. The minimum atomic E-state index is -1.25. The second kappa shape index (κ2) is 8.46. The normalized spacial score (nSPS) is 20.6. The number of ketones is 1. The number of benzene rings is 1. The Kier molecular flexibility index (Phi) is 6.33. The SMILES string of the molecule is CCOC(=O)[C@H]1C(=O)C=C(OC(C)c2ccccc2)[C@@H]1C(=O)OCC. The Morgan fingerprint density at radius 3 is 2.12 bits per heavy atom. The van der Waals surface area contributed by atoms with E-state index in [1.165, 1.54) is 6.08 Å². The molecule has 25 heavy (non-hydrogen) atoms. The van der Waals surface area contributed by atoms with E-state index in [0.717, 1.165) is 5.56 Å². The van der Waals surface area contributed by atoms with E-state index in [4.69, 9.17) is 14.2 Å². The molecule has 0 aromatic heterocycles. The molecule has 134 valence electrons. The van der Waals surface area contributed by atoms with Crippen molar-refractivity contribution in [2.24, 2.45) is 11.8 Å². The van der Waals surface area contributed by atoms with Gasteiger partial charge in [-0.15, -0.1) is 0 Å². The lowest BCUT2D eigenvalue weighted by Crippen LogP contribution is -2.34. The molecule has 1 unspecified atom stereocenters. The molecule has 2 rings (SSSR count). The van der Waals surface area contributed by atoms with E-state index in [1.807, 2.05) is 30.3 Å². The molecular formula is C19H22O6. The van der Waals surface area contributed by atoms with Crippen LogP contribution in [0.4, 0.5) is 0 Å². The Labute approximate surface area is 146 Å². The van der Waals surface area contributed by atoms with Crippen LogP contribution in [0.2, 0.25) is 0 Å². The van der Waals surface area contributed by atoms with E-state index in [9.17, 15) is 14.4 Å². The predicted molar refractivity (Wildman–Crippen MR) is 89.3 cm³/mol. The molecule has 1 aliphatic rings. The van der Waals surface area contributed by atoms with Crippen LogP contribution in [0.1, 0.15) is 32.4 Å². The van der Waals surface area contributed by atoms with Gasteiger partial charge in [-0.05, 0) is 26.3 Å². The van der Waals surface area contributed by atoms with Gasteiger partial charge in [0.1, 0.15) is 23.7 Å². The van der Waals surface area contributed by atoms with Crippen molar-refractivity contribution in [1.29, 1.82) is 0 Å². The number of carbonyl (C=O) groups is 3. The minimum Gasteiger partial charge on any atom is -0.489 e. The highest BCUT2D eigenvalue weighted by Gasteiger charge is 2.49. The Morgan fingerprint density at radius 1 is 1.00 bits per heavy atom. The van der Waals surface area contributed by atoms with Crippen molar-refractivity contribution in [3.63, 3.8) is 0 Å². The van der Waals surface area contributed by atoms with Crippen molar-refractivity contribution in [1.82, 2.24) is 0 Å². The summed E-state index contributed by atoms with van der Waals surface area (Å²) in [5.74, 6) is -4.15. The zero-order valence-corrected chi connectivity index (χ0v) is 14.6. The van der Waals surface area contributed by atoms with Gasteiger partial charge in [0.25, 0.3) is 0 Å². The van der Waals surface area contributed by atoms with Gasteiger partial charge in [0, 0.05) is 6.08 Å². The fourth-order valence-corrected chi connectivity index (χ4v) is 2.72. The van der Waals surface area contributed by atoms with Crippen LogP contribution in [-0.2, 0) is 28.6 Å². The first kappa shape index (κ1) is 18.7. The van der Waals surface area contributed by atoms with Gasteiger partial charge in [-0.3, -0.25) is 14.4 Å². The molecule has 1 aromatic carbocycles. The van der Waals surface area contributed by atoms with Crippen LogP contribution < -0.4 is 0 Å². The highest BCUT2D eigenvalue weighted by molar-refractivity contribution is 6.11. The standard InChI is InChI=1S/C19H22O6/c1-4-23-18(21)16-14(20)11-15(17(16)19(22)24-5-2)25-12(3)13-9-7-6-8-10-13/h6-12,16-17H,4-5H2,1-3H3/t12?,16-,17-/m0/s1. The Hall–Kier alpha value is -2.63. The summed E-state index contributed by atoms with van der Waals surface area (Å²) >= 11 is 0. The van der Waals surface area contributed by atoms with E-state index in [-0.39, 0.29) is 19.0 Å². The number of allylic oxidation sites excluding steroid dienone is 1. The molecule has 0 amide bonds. The fraction of sp³-hybridized carbons (Fsp3) is 0.421. The van der Waals surface area contributed by atoms with Gasteiger partial charge in [0.05, 0.1) is 13.2 Å². The smallest absolute Gasteiger partial charge is 0.318 e. The molecule has 0 aliphatic heterocycles. The quantitative estimate of drug-likeness (QED) is 0.558. The van der Waals surface area contributed by atoms with Crippen molar-refractivity contribution < 1.29 is 28.6 Å². The zero-order chi connectivity index (χ0) is 18.4. The predicted octanol–water partition coefficient (Wildman–Crippen LogP) is 2.59. The number of esters is 2. The van der Waals surface area contributed by atoms with E-state index in [2.05, 4.69) is 0 Å². The van der Waals surface area contributed by atoms with Gasteiger partial charge < -0.3 is 14.2 Å². The summed E-state index contributed by atoms with van der Waals surface area (Å²) in [7, 11) is 0. The molecule has 0 radical (unpaired) electrons. The molecular weight excluding hydrogens is 324 g/mol. The maximum Gasteiger partial charge on any atom is 0.318 e. The summed E-state index contributed by atoms with van der Waals surface area (Å²) in [6.07, 6.45) is 0.806. The first-order chi connectivity index (χ1) is 12.0. The third-order valence-electron chi connectivity index (χ3n) is 3.89. The fourth-order valence-electron chi connectivity index (χ4n) is 2.72. The van der Waals surface area contributed by atoms with Gasteiger partial charge in [-0.25, -0.2) is 0 Å². The number of ether oxygens (including phenoxy) is 3. The second-order valence-corrected chi connectivity index (χ2v) is 5.58. The van der Waals surface area contributed by atoms with Gasteiger partial charge in [0.2, 0.25) is 0 Å².